The standard InChI is InChI=1S/C12H21N5/c1-11-12(16-5-4-14-11)15-3-2-8-17-9-6-13-7-10-17/h4-5,13H,2-3,6-10H2,1H3,(H,15,16). The second-order valence-electron chi connectivity index (χ2n) is 4.36. The maximum Gasteiger partial charge on any atom is 0.147 e. The molecule has 2 N–H and O–H groups in total. The van der Waals surface area contributed by atoms with Crippen LogP contribution in [0.3, 0.4) is 0 Å². The van der Waals surface area contributed by atoms with Gasteiger partial charge in [0.25, 0.3) is 0 Å². The summed E-state index contributed by atoms with van der Waals surface area (Å²) in [5, 5.41) is 6.70. The molecule has 94 valence electrons. The molecule has 0 bridgehead atoms. The van der Waals surface area contributed by atoms with Crippen LogP contribution in [-0.4, -0.2) is 54.1 Å². The predicted octanol–water partition coefficient (Wildman–Crippen LogP) is 0.492. The minimum Gasteiger partial charge on any atom is -0.369 e. The first kappa shape index (κ1) is 12.3. The fourth-order valence-corrected chi connectivity index (χ4v) is 2.03. The smallest absolute Gasteiger partial charge is 0.147 e. The van der Waals surface area contributed by atoms with Crippen LogP contribution in [0, 0.1) is 6.92 Å². The van der Waals surface area contributed by atoms with Gasteiger partial charge in [0, 0.05) is 45.1 Å². The molecule has 0 radical (unpaired) electrons. The van der Waals surface area contributed by atoms with Crippen molar-refractivity contribution < 1.29 is 0 Å². The molecule has 17 heavy (non-hydrogen) atoms. The first-order valence-electron chi connectivity index (χ1n) is 6.31. The molecule has 1 saturated heterocycles. The Labute approximate surface area is 103 Å². The fraction of sp³-hybridized carbons (Fsp3) is 0.667. The van der Waals surface area contributed by atoms with Gasteiger partial charge in [0.05, 0.1) is 5.69 Å². The van der Waals surface area contributed by atoms with E-state index in [1.807, 2.05) is 6.92 Å². The van der Waals surface area contributed by atoms with E-state index in [0.717, 1.165) is 44.1 Å². The highest BCUT2D eigenvalue weighted by atomic mass is 15.2. The van der Waals surface area contributed by atoms with Crippen LogP contribution in [0.5, 0.6) is 0 Å². The van der Waals surface area contributed by atoms with Crippen LogP contribution < -0.4 is 10.6 Å². The zero-order chi connectivity index (χ0) is 11.9. The minimum atomic E-state index is 0.910. The average molecular weight is 235 g/mol. The van der Waals surface area contributed by atoms with Crippen LogP contribution in [-0.2, 0) is 0 Å². The minimum absolute atomic E-state index is 0.910. The van der Waals surface area contributed by atoms with Gasteiger partial charge in [-0.1, -0.05) is 0 Å². The van der Waals surface area contributed by atoms with E-state index >= 15 is 0 Å². The number of nitrogens with zero attached hydrogens (tertiary/aromatic N) is 3. The van der Waals surface area contributed by atoms with E-state index in [2.05, 4.69) is 25.5 Å². The lowest BCUT2D eigenvalue weighted by molar-refractivity contribution is 0.240. The average Bonchev–Trinajstić information content (AvgIpc) is 2.38. The van der Waals surface area contributed by atoms with E-state index in [1.54, 1.807) is 12.4 Å². The number of hydrogen-bond donors (Lipinski definition) is 2. The Bertz CT molecular complexity index is 335. The number of aryl methyl sites for hydroxylation is 1. The maximum atomic E-state index is 4.27. The summed E-state index contributed by atoms with van der Waals surface area (Å²) in [5.41, 5.74) is 0.967. The van der Waals surface area contributed by atoms with Crippen molar-refractivity contribution in [2.75, 3.05) is 44.6 Å². The van der Waals surface area contributed by atoms with Crippen LogP contribution in [0.1, 0.15) is 12.1 Å². The molecule has 5 heteroatoms. The van der Waals surface area contributed by atoms with Crippen molar-refractivity contribution in [3.8, 4) is 0 Å². The Morgan fingerprint density at radius 1 is 1.29 bits per heavy atom. The molecule has 0 aliphatic carbocycles. The molecule has 5 nitrogen and oxygen atoms in total. The number of hydrogen-bond acceptors (Lipinski definition) is 5. The van der Waals surface area contributed by atoms with Gasteiger partial charge in [-0.3, -0.25) is 4.98 Å². The molecule has 0 unspecified atom stereocenters. The molecular weight excluding hydrogens is 214 g/mol. The lowest BCUT2D eigenvalue weighted by atomic mass is 10.3. The Morgan fingerprint density at radius 3 is 2.82 bits per heavy atom. The van der Waals surface area contributed by atoms with Gasteiger partial charge in [0.15, 0.2) is 0 Å². The van der Waals surface area contributed by atoms with E-state index in [-0.39, 0.29) is 0 Å². The van der Waals surface area contributed by atoms with Crippen LogP contribution in [0.2, 0.25) is 0 Å². The van der Waals surface area contributed by atoms with Gasteiger partial charge in [-0.25, -0.2) is 4.98 Å². The van der Waals surface area contributed by atoms with E-state index in [9.17, 15) is 0 Å². The van der Waals surface area contributed by atoms with Crippen LogP contribution >= 0.6 is 0 Å². The molecule has 1 aliphatic rings. The largest absolute Gasteiger partial charge is 0.369 e. The zero-order valence-corrected chi connectivity index (χ0v) is 10.4. The summed E-state index contributed by atoms with van der Waals surface area (Å²) in [4.78, 5) is 11.0. The van der Waals surface area contributed by atoms with Crippen LogP contribution in [0.25, 0.3) is 0 Å². The Morgan fingerprint density at radius 2 is 2.06 bits per heavy atom. The quantitative estimate of drug-likeness (QED) is 0.728. The lowest BCUT2D eigenvalue weighted by Gasteiger charge is -2.27. The van der Waals surface area contributed by atoms with Gasteiger partial charge in [0.1, 0.15) is 5.82 Å². The zero-order valence-electron chi connectivity index (χ0n) is 10.4. The molecule has 0 atom stereocenters. The first-order chi connectivity index (χ1) is 8.36. The third kappa shape index (κ3) is 3.94. The summed E-state index contributed by atoms with van der Waals surface area (Å²) in [6.07, 6.45) is 4.60. The molecule has 0 saturated carbocycles. The lowest BCUT2D eigenvalue weighted by Crippen LogP contribution is -2.44. The maximum absolute atomic E-state index is 4.27. The first-order valence-corrected chi connectivity index (χ1v) is 6.31. The summed E-state index contributed by atoms with van der Waals surface area (Å²) in [5.74, 6) is 0.910. The SMILES string of the molecule is Cc1nccnc1NCCCN1CCNCC1. The number of piperazine rings is 1. The van der Waals surface area contributed by atoms with Gasteiger partial charge in [-0.15, -0.1) is 0 Å². The van der Waals surface area contributed by atoms with Gasteiger partial charge < -0.3 is 15.5 Å². The molecule has 2 heterocycles. The molecule has 0 amide bonds. The highest BCUT2D eigenvalue weighted by molar-refractivity contribution is 5.37. The highest BCUT2D eigenvalue weighted by Crippen LogP contribution is 2.05. The Kier molecular flexibility index (Phi) is 4.70. The number of anilines is 1. The third-order valence-corrected chi connectivity index (χ3v) is 3.03. The van der Waals surface area contributed by atoms with E-state index in [1.165, 1.54) is 13.1 Å². The molecule has 1 aliphatic heterocycles. The normalized spacial score (nSPS) is 17.0. The molecule has 0 spiro atoms. The summed E-state index contributed by atoms with van der Waals surface area (Å²) in [6, 6.07) is 0. The van der Waals surface area contributed by atoms with Crippen LogP contribution in [0.15, 0.2) is 12.4 Å². The number of rotatable bonds is 5. The van der Waals surface area contributed by atoms with E-state index in [0.29, 0.717) is 0 Å². The number of aromatic nitrogens is 2. The monoisotopic (exact) mass is 235 g/mol. The second kappa shape index (κ2) is 6.51. The molecule has 0 aromatic carbocycles. The predicted molar refractivity (Wildman–Crippen MR) is 69.2 cm³/mol. The van der Waals surface area contributed by atoms with E-state index in [4.69, 9.17) is 0 Å². The van der Waals surface area contributed by atoms with Gasteiger partial charge in [-0.2, -0.15) is 0 Å². The fourth-order valence-electron chi connectivity index (χ4n) is 2.03. The molecule has 2 rings (SSSR count). The van der Waals surface area contributed by atoms with Crippen molar-refractivity contribution in [3.05, 3.63) is 18.1 Å². The van der Waals surface area contributed by atoms with Crippen molar-refractivity contribution in [2.45, 2.75) is 13.3 Å². The van der Waals surface area contributed by atoms with Crippen molar-refractivity contribution in [1.29, 1.82) is 0 Å². The summed E-state index contributed by atoms with van der Waals surface area (Å²) >= 11 is 0. The Balaban J connectivity index is 1.64. The topological polar surface area (TPSA) is 53.1 Å². The van der Waals surface area contributed by atoms with Crippen molar-refractivity contribution in [3.63, 3.8) is 0 Å². The van der Waals surface area contributed by atoms with Crippen molar-refractivity contribution >= 4 is 5.82 Å². The molecule has 1 aromatic rings. The summed E-state index contributed by atoms with van der Waals surface area (Å²) < 4.78 is 0. The van der Waals surface area contributed by atoms with E-state index < -0.39 is 0 Å². The van der Waals surface area contributed by atoms with Crippen molar-refractivity contribution in [2.24, 2.45) is 0 Å². The Hall–Kier alpha value is -1.20. The molecular formula is C12H21N5. The van der Waals surface area contributed by atoms with Gasteiger partial charge >= 0.3 is 0 Å². The second-order valence-corrected chi connectivity index (χ2v) is 4.36. The number of nitrogens with one attached hydrogen (secondary N) is 2. The van der Waals surface area contributed by atoms with Crippen LogP contribution in [0.4, 0.5) is 5.82 Å². The van der Waals surface area contributed by atoms with Gasteiger partial charge in [0.2, 0.25) is 0 Å². The summed E-state index contributed by atoms with van der Waals surface area (Å²) in [7, 11) is 0. The summed E-state index contributed by atoms with van der Waals surface area (Å²) in [6.45, 7) is 8.69. The molecule has 1 fully saturated rings. The van der Waals surface area contributed by atoms with Gasteiger partial charge in [-0.05, 0) is 19.9 Å². The van der Waals surface area contributed by atoms with Crippen molar-refractivity contribution in [1.82, 2.24) is 20.2 Å². The molecule has 1 aromatic heterocycles. The third-order valence-electron chi connectivity index (χ3n) is 3.03. The highest BCUT2D eigenvalue weighted by Gasteiger charge is 2.08.